The molecule has 5 rings (SSSR count). The average molecular weight is 446 g/mol. The highest BCUT2D eigenvalue weighted by atomic mass is 16.4. The minimum absolute atomic E-state index is 0.124. The summed E-state index contributed by atoms with van der Waals surface area (Å²) in [5, 5.41) is 13.6. The number of nitrogens with zero attached hydrogens (tertiary/aromatic N) is 4. The van der Waals surface area contributed by atoms with Gasteiger partial charge in [-0.05, 0) is 59.7 Å². The Hall–Kier alpha value is -4.54. The Bertz CT molecular complexity index is 1480. The molecule has 2 heterocycles. The molecule has 33 heavy (non-hydrogen) atoms. The molecule has 2 N–H and O–H groups in total. The van der Waals surface area contributed by atoms with Crippen LogP contribution in [0.1, 0.15) is 23.2 Å². The van der Waals surface area contributed by atoms with Crippen molar-refractivity contribution in [3.8, 4) is 5.69 Å². The van der Waals surface area contributed by atoms with Crippen LogP contribution in [0.25, 0.3) is 16.7 Å². The minimum Gasteiger partial charge on any atom is -0.422 e. The molecule has 0 bridgehead atoms. The van der Waals surface area contributed by atoms with Gasteiger partial charge in [0.1, 0.15) is 17.7 Å². The van der Waals surface area contributed by atoms with Crippen LogP contribution in [0.4, 0.5) is 5.69 Å². The summed E-state index contributed by atoms with van der Waals surface area (Å²) in [6, 6.07) is 14.8. The van der Waals surface area contributed by atoms with E-state index in [2.05, 4.69) is 21.1 Å². The largest absolute Gasteiger partial charge is 0.422 e. The van der Waals surface area contributed by atoms with E-state index in [4.69, 9.17) is 4.42 Å². The van der Waals surface area contributed by atoms with Crippen molar-refractivity contribution in [3.63, 3.8) is 0 Å². The van der Waals surface area contributed by atoms with E-state index in [1.807, 2.05) is 0 Å². The first-order chi connectivity index (χ1) is 16.0. The highest BCUT2D eigenvalue weighted by Gasteiger charge is 2.24. The SMILES string of the molecule is O=C(Cn1nnn(-c2ccc(NC(=O)c3cc4ccccc4oc3=O)cc2)c1=O)NC1CC1. The molecule has 2 amide bonds. The molecule has 0 aliphatic heterocycles. The molecule has 4 aromatic rings. The van der Waals surface area contributed by atoms with Crippen molar-refractivity contribution in [1.82, 2.24) is 25.1 Å². The van der Waals surface area contributed by atoms with E-state index in [1.54, 1.807) is 48.5 Å². The van der Waals surface area contributed by atoms with Crippen LogP contribution in [0.15, 0.2) is 68.6 Å². The monoisotopic (exact) mass is 446 g/mol. The quantitative estimate of drug-likeness (QED) is 0.422. The number of aromatic nitrogens is 4. The minimum atomic E-state index is -0.739. The summed E-state index contributed by atoms with van der Waals surface area (Å²) < 4.78 is 7.22. The van der Waals surface area contributed by atoms with Gasteiger partial charge < -0.3 is 15.1 Å². The average Bonchev–Trinajstić information content (AvgIpc) is 3.55. The molecule has 166 valence electrons. The molecule has 1 saturated carbocycles. The number of rotatable bonds is 6. The number of para-hydroxylation sites is 1. The number of tetrazole rings is 1. The van der Waals surface area contributed by atoms with Gasteiger partial charge in [0.05, 0.1) is 5.69 Å². The lowest BCUT2D eigenvalue weighted by Crippen LogP contribution is -2.34. The fraction of sp³-hybridized carbons (Fsp3) is 0.182. The lowest BCUT2D eigenvalue weighted by atomic mass is 10.1. The standard InChI is InChI=1S/C22H18N6O5/c29-19(23-14-5-6-14)12-27-22(32)28(26-25-27)16-9-7-15(8-10-16)24-20(30)17-11-13-3-1-2-4-18(13)33-21(17)31/h1-4,7-11,14H,5-6,12H2,(H,23,29)(H,24,30). The Kier molecular flexibility index (Phi) is 5.05. The maximum atomic E-state index is 12.6. The molecule has 1 aliphatic carbocycles. The number of fused-ring (bicyclic) bond motifs is 1. The zero-order valence-corrected chi connectivity index (χ0v) is 17.2. The van der Waals surface area contributed by atoms with Gasteiger partial charge in [-0.1, -0.05) is 18.2 Å². The fourth-order valence-corrected chi connectivity index (χ4v) is 3.28. The Balaban J connectivity index is 1.30. The lowest BCUT2D eigenvalue weighted by molar-refractivity contribution is -0.122. The number of amides is 2. The number of anilines is 1. The van der Waals surface area contributed by atoms with Gasteiger partial charge in [0.25, 0.3) is 5.91 Å². The number of hydrogen-bond acceptors (Lipinski definition) is 7. The highest BCUT2D eigenvalue weighted by Crippen LogP contribution is 2.18. The number of nitrogens with one attached hydrogen (secondary N) is 2. The Morgan fingerprint density at radius 1 is 1.03 bits per heavy atom. The van der Waals surface area contributed by atoms with Crippen LogP contribution in [-0.2, 0) is 11.3 Å². The molecule has 0 saturated heterocycles. The van der Waals surface area contributed by atoms with Crippen LogP contribution in [0.3, 0.4) is 0 Å². The molecule has 11 nitrogen and oxygen atoms in total. The van der Waals surface area contributed by atoms with Gasteiger partial charge >= 0.3 is 11.3 Å². The van der Waals surface area contributed by atoms with Crippen LogP contribution >= 0.6 is 0 Å². The summed E-state index contributed by atoms with van der Waals surface area (Å²) in [6.07, 6.45) is 1.89. The molecule has 2 aromatic carbocycles. The summed E-state index contributed by atoms with van der Waals surface area (Å²) in [5.41, 5.74) is -0.228. The predicted octanol–water partition coefficient (Wildman–Crippen LogP) is 1.07. The molecule has 0 spiro atoms. The van der Waals surface area contributed by atoms with Gasteiger partial charge in [0, 0.05) is 17.1 Å². The Morgan fingerprint density at radius 2 is 1.79 bits per heavy atom. The van der Waals surface area contributed by atoms with Crippen LogP contribution in [-0.4, -0.2) is 37.6 Å². The van der Waals surface area contributed by atoms with Gasteiger partial charge in [0.15, 0.2) is 0 Å². The smallest absolute Gasteiger partial charge is 0.368 e. The van der Waals surface area contributed by atoms with E-state index in [-0.39, 0.29) is 24.1 Å². The first kappa shape index (κ1) is 20.4. The predicted molar refractivity (Wildman–Crippen MR) is 117 cm³/mol. The van der Waals surface area contributed by atoms with Crippen LogP contribution in [0.5, 0.6) is 0 Å². The molecule has 2 aromatic heterocycles. The Labute approximate surface area is 185 Å². The van der Waals surface area contributed by atoms with Crippen molar-refractivity contribution in [2.75, 3.05) is 5.32 Å². The molecular weight excluding hydrogens is 428 g/mol. The van der Waals surface area contributed by atoms with E-state index >= 15 is 0 Å². The van der Waals surface area contributed by atoms with E-state index in [1.165, 1.54) is 6.07 Å². The van der Waals surface area contributed by atoms with E-state index in [0.29, 0.717) is 22.3 Å². The maximum Gasteiger partial charge on any atom is 0.368 e. The zero-order chi connectivity index (χ0) is 22.9. The van der Waals surface area contributed by atoms with E-state index < -0.39 is 17.2 Å². The molecule has 11 heteroatoms. The third kappa shape index (κ3) is 4.28. The second kappa shape index (κ2) is 8.19. The first-order valence-corrected chi connectivity index (χ1v) is 10.2. The van der Waals surface area contributed by atoms with Crippen LogP contribution < -0.4 is 21.9 Å². The van der Waals surface area contributed by atoms with Crippen molar-refractivity contribution in [1.29, 1.82) is 0 Å². The van der Waals surface area contributed by atoms with Gasteiger partial charge in [-0.3, -0.25) is 9.59 Å². The summed E-state index contributed by atoms with van der Waals surface area (Å²) in [5.74, 6) is -0.907. The Morgan fingerprint density at radius 3 is 2.55 bits per heavy atom. The van der Waals surface area contributed by atoms with Crippen LogP contribution in [0, 0.1) is 0 Å². The van der Waals surface area contributed by atoms with Crippen molar-refractivity contribution in [2.24, 2.45) is 0 Å². The van der Waals surface area contributed by atoms with Crippen molar-refractivity contribution >= 4 is 28.5 Å². The number of carbonyl (C=O) groups is 2. The summed E-state index contributed by atoms with van der Waals surface area (Å²) in [6.45, 7) is -0.211. The van der Waals surface area contributed by atoms with Crippen LogP contribution in [0.2, 0.25) is 0 Å². The van der Waals surface area contributed by atoms with Crippen molar-refractivity contribution in [2.45, 2.75) is 25.4 Å². The molecule has 0 unspecified atom stereocenters. The highest BCUT2D eigenvalue weighted by molar-refractivity contribution is 6.05. The van der Waals surface area contributed by atoms with Crippen molar-refractivity contribution in [3.05, 3.63) is 81.1 Å². The third-order valence-corrected chi connectivity index (χ3v) is 5.13. The summed E-state index contributed by atoms with van der Waals surface area (Å²) in [4.78, 5) is 49.2. The second-order valence-corrected chi connectivity index (χ2v) is 7.66. The molecule has 1 fully saturated rings. The second-order valence-electron chi connectivity index (χ2n) is 7.66. The number of hydrogen-bond donors (Lipinski definition) is 2. The number of carbonyl (C=O) groups excluding carboxylic acids is 2. The topological polar surface area (TPSA) is 141 Å². The summed E-state index contributed by atoms with van der Waals surface area (Å²) >= 11 is 0. The van der Waals surface area contributed by atoms with Gasteiger partial charge in [0.2, 0.25) is 5.91 Å². The lowest BCUT2D eigenvalue weighted by Gasteiger charge is -2.06. The third-order valence-electron chi connectivity index (χ3n) is 5.13. The fourth-order valence-electron chi connectivity index (χ4n) is 3.28. The van der Waals surface area contributed by atoms with Gasteiger partial charge in [-0.25, -0.2) is 9.59 Å². The van der Waals surface area contributed by atoms with Gasteiger partial charge in [-0.2, -0.15) is 9.36 Å². The van der Waals surface area contributed by atoms with E-state index in [9.17, 15) is 19.2 Å². The molecule has 0 atom stereocenters. The zero-order valence-electron chi connectivity index (χ0n) is 17.2. The normalized spacial score (nSPS) is 13.1. The molecular formula is C22H18N6O5. The maximum absolute atomic E-state index is 12.6. The summed E-state index contributed by atoms with van der Waals surface area (Å²) in [7, 11) is 0. The van der Waals surface area contributed by atoms with E-state index in [0.717, 1.165) is 22.2 Å². The van der Waals surface area contributed by atoms with Gasteiger partial charge in [-0.15, -0.1) is 0 Å². The van der Waals surface area contributed by atoms with Crippen molar-refractivity contribution < 1.29 is 14.0 Å². The number of benzene rings is 2. The molecule has 1 aliphatic rings. The molecule has 0 radical (unpaired) electrons. The first-order valence-electron chi connectivity index (χ1n) is 10.2.